The molecule has 0 saturated carbocycles. The third-order valence-corrected chi connectivity index (χ3v) is 4.47. The Morgan fingerprint density at radius 1 is 1.35 bits per heavy atom. The maximum Gasteiger partial charge on any atom is 0.250 e. The zero-order chi connectivity index (χ0) is 18.5. The van der Waals surface area contributed by atoms with E-state index in [0.717, 1.165) is 18.8 Å². The van der Waals surface area contributed by atoms with E-state index in [1.165, 1.54) is 6.33 Å². The van der Waals surface area contributed by atoms with Gasteiger partial charge in [0.05, 0.1) is 6.10 Å². The number of hydrogen-bond donors (Lipinski definition) is 2. The molecule has 0 spiro atoms. The van der Waals surface area contributed by atoms with E-state index in [1.54, 1.807) is 22.9 Å². The molecule has 1 aliphatic heterocycles. The van der Waals surface area contributed by atoms with Crippen molar-refractivity contribution in [1.29, 1.82) is 0 Å². The molecule has 1 fully saturated rings. The average molecular weight is 358 g/mol. The van der Waals surface area contributed by atoms with Crippen LogP contribution in [0.15, 0.2) is 41.6 Å². The molecular weight excluding hydrogens is 332 g/mol. The molecule has 0 unspecified atom stereocenters. The summed E-state index contributed by atoms with van der Waals surface area (Å²) in [7, 11) is 4.06. The number of hydrogen-bond acceptors (Lipinski definition) is 7. The molecule has 26 heavy (non-hydrogen) atoms. The predicted octanol–water partition coefficient (Wildman–Crippen LogP) is 0.252. The molecule has 2 aromatic rings. The summed E-state index contributed by atoms with van der Waals surface area (Å²) in [5, 5.41) is 13.3. The van der Waals surface area contributed by atoms with Gasteiger partial charge in [-0.25, -0.2) is 9.97 Å². The Labute approximate surface area is 153 Å². The van der Waals surface area contributed by atoms with Crippen LogP contribution < -0.4 is 15.8 Å². The summed E-state index contributed by atoms with van der Waals surface area (Å²) in [5.41, 5.74) is -0.0183. The van der Waals surface area contributed by atoms with E-state index in [0.29, 0.717) is 25.5 Å². The van der Waals surface area contributed by atoms with Crippen LogP contribution in [-0.4, -0.2) is 70.4 Å². The lowest BCUT2D eigenvalue weighted by Crippen LogP contribution is -2.38. The first-order valence-corrected chi connectivity index (χ1v) is 8.84. The van der Waals surface area contributed by atoms with Crippen molar-refractivity contribution in [2.75, 3.05) is 43.9 Å². The van der Waals surface area contributed by atoms with E-state index in [9.17, 15) is 9.90 Å². The maximum atomic E-state index is 11.7. The van der Waals surface area contributed by atoms with Gasteiger partial charge in [0.25, 0.3) is 5.56 Å². The Morgan fingerprint density at radius 3 is 2.96 bits per heavy atom. The first kappa shape index (κ1) is 18.3. The molecule has 8 nitrogen and oxygen atoms in total. The first-order chi connectivity index (χ1) is 12.5. The van der Waals surface area contributed by atoms with Crippen LogP contribution in [0.25, 0.3) is 0 Å². The maximum absolute atomic E-state index is 11.7. The summed E-state index contributed by atoms with van der Waals surface area (Å²) >= 11 is 0. The number of nitrogens with one attached hydrogen (secondary N) is 1. The second-order valence-electron chi connectivity index (χ2n) is 6.88. The fraction of sp³-hybridized carbons (Fsp3) is 0.500. The fourth-order valence-electron chi connectivity index (χ4n) is 3.32. The second kappa shape index (κ2) is 8.29. The Hall–Kier alpha value is -2.45. The highest BCUT2D eigenvalue weighted by Gasteiger charge is 2.32. The number of rotatable bonds is 7. The lowest BCUT2D eigenvalue weighted by molar-refractivity contribution is 0.191. The van der Waals surface area contributed by atoms with Gasteiger partial charge in [-0.15, -0.1) is 0 Å². The number of aromatic nitrogens is 3. The molecule has 0 aromatic carbocycles. The molecule has 0 radical (unpaired) electrons. The smallest absolute Gasteiger partial charge is 0.250 e. The Kier molecular flexibility index (Phi) is 5.85. The van der Waals surface area contributed by atoms with Crippen molar-refractivity contribution in [2.24, 2.45) is 0 Å². The second-order valence-corrected chi connectivity index (χ2v) is 6.88. The SMILES string of the molecule is CN(C)C[C@H]1C[C@@H](O)CN1c1cc(NCCn2ccccc2=O)ncn1. The van der Waals surface area contributed by atoms with E-state index in [-0.39, 0.29) is 17.7 Å². The molecule has 3 heterocycles. The van der Waals surface area contributed by atoms with Crippen LogP contribution in [0.4, 0.5) is 11.6 Å². The summed E-state index contributed by atoms with van der Waals surface area (Å²) in [5.74, 6) is 1.52. The molecule has 0 aliphatic carbocycles. The summed E-state index contributed by atoms with van der Waals surface area (Å²) in [6.07, 6.45) is 3.70. The highest BCUT2D eigenvalue weighted by atomic mass is 16.3. The van der Waals surface area contributed by atoms with Crippen molar-refractivity contribution in [1.82, 2.24) is 19.4 Å². The quantitative estimate of drug-likeness (QED) is 0.734. The summed E-state index contributed by atoms with van der Waals surface area (Å²) < 4.78 is 1.65. The highest BCUT2D eigenvalue weighted by Crippen LogP contribution is 2.25. The van der Waals surface area contributed by atoms with Crippen LogP contribution in [0.2, 0.25) is 0 Å². The summed E-state index contributed by atoms with van der Waals surface area (Å²) in [4.78, 5) is 24.6. The summed E-state index contributed by atoms with van der Waals surface area (Å²) in [6, 6.07) is 7.25. The van der Waals surface area contributed by atoms with Crippen LogP contribution >= 0.6 is 0 Å². The zero-order valence-electron chi connectivity index (χ0n) is 15.2. The van der Waals surface area contributed by atoms with Gasteiger partial charge in [0.2, 0.25) is 0 Å². The fourth-order valence-corrected chi connectivity index (χ4v) is 3.32. The highest BCUT2D eigenvalue weighted by molar-refractivity contribution is 5.50. The minimum atomic E-state index is -0.337. The van der Waals surface area contributed by atoms with Crippen molar-refractivity contribution in [3.05, 3.63) is 47.1 Å². The Bertz CT molecular complexity index is 778. The van der Waals surface area contributed by atoms with Crippen molar-refractivity contribution in [3.63, 3.8) is 0 Å². The van der Waals surface area contributed by atoms with Crippen LogP contribution in [0, 0.1) is 0 Å². The van der Waals surface area contributed by atoms with Crippen LogP contribution in [0.3, 0.4) is 0 Å². The van der Waals surface area contributed by atoms with Gasteiger partial charge in [-0.05, 0) is 26.6 Å². The van der Waals surface area contributed by atoms with Gasteiger partial charge < -0.3 is 24.8 Å². The molecule has 2 N–H and O–H groups in total. The van der Waals surface area contributed by atoms with Gasteiger partial charge in [0.15, 0.2) is 0 Å². The largest absolute Gasteiger partial charge is 0.391 e. The molecule has 1 saturated heterocycles. The van der Waals surface area contributed by atoms with Crippen LogP contribution in [-0.2, 0) is 6.54 Å². The predicted molar refractivity (Wildman–Crippen MR) is 102 cm³/mol. The molecule has 8 heteroatoms. The number of aliphatic hydroxyl groups is 1. The zero-order valence-corrected chi connectivity index (χ0v) is 15.2. The van der Waals surface area contributed by atoms with Crippen molar-refractivity contribution in [2.45, 2.75) is 25.1 Å². The van der Waals surface area contributed by atoms with Gasteiger partial charge in [-0.3, -0.25) is 4.79 Å². The normalized spacial score (nSPS) is 19.9. The van der Waals surface area contributed by atoms with Crippen molar-refractivity contribution in [3.8, 4) is 0 Å². The lowest BCUT2D eigenvalue weighted by Gasteiger charge is -2.27. The van der Waals surface area contributed by atoms with Crippen molar-refractivity contribution >= 4 is 11.6 Å². The van der Waals surface area contributed by atoms with Gasteiger partial charge in [0.1, 0.15) is 18.0 Å². The lowest BCUT2D eigenvalue weighted by atomic mass is 10.2. The number of likely N-dealkylation sites (N-methyl/N-ethyl adjacent to an activating group) is 1. The van der Waals surface area contributed by atoms with Crippen LogP contribution in [0.5, 0.6) is 0 Å². The van der Waals surface area contributed by atoms with Crippen LogP contribution in [0.1, 0.15) is 6.42 Å². The third-order valence-electron chi connectivity index (χ3n) is 4.47. The Balaban J connectivity index is 1.64. The van der Waals surface area contributed by atoms with Gasteiger partial charge in [0, 0.05) is 50.6 Å². The Morgan fingerprint density at radius 2 is 2.19 bits per heavy atom. The molecule has 2 atom stereocenters. The first-order valence-electron chi connectivity index (χ1n) is 8.84. The summed E-state index contributed by atoms with van der Waals surface area (Å²) in [6.45, 7) is 2.59. The monoisotopic (exact) mass is 358 g/mol. The van der Waals surface area contributed by atoms with Crippen molar-refractivity contribution < 1.29 is 5.11 Å². The number of aliphatic hydroxyl groups excluding tert-OH is 1. The number of pyridine rings is 1. The van der Waals surface area contributed by atoms with E-state index < -0.39 is 0 Å². The minimum Gasteiger partial charge on any atom is -0.391 e. The molecule has 2 aromatic heterocycles. The van der Waals surface area contributed by atoms with E-state index >= 15 is 0 Å². The van der Waals surface area contributed by atoms with Gasteiger partial charge in [-0.1, -0.05) is 6.07 Å². The van der Waals surface area contributed by atoms with Gasteiger partial charge in [-0.2, -0.15) is 0 Å². The minimum absolute atomic E-state index is 0.0183. The number of anilines is 2. The van der Waals surface area contributed by atoms with E-state index in [1.807, 2.05) is 26.2 Å². The van der Waals surface area contributed by atoms with Gasteiger partial charge >= 0.3 is 0 Å². The van der Waals surface area contributed by atoms with E-state index in [2.05, 4.69) is 25.1 Å². The number of nitrogens with zero attached hydrogens (tertiary/aromatic N) is 5. The average Bonchev–Trinajstić information content (AvgIpc) is 2.96. The number of β-amino-alcohol motifs (C(OH)–C–C–N with tert-alkyl or cyclic N) is 1. The molecule has 0 amide bonds. The molecule has 140 valence electrons. The standard InChI is InChI=1S/C18H26N6O2/c1-22(2)11-14-9-15(25)12-24(14)17-10-16(20-13-21-17)19-6-8-23-7-4-3-5-18(23)26/h3-5,7,10,13-15,25H,6,8-9,11-12H2,1-2H3,(H,19,20,21)/t14-,15-/m1/s1. The topological polar surface area (TPSA) is 86.5 Å². The molecule has 3 rings (SSSR count). The third kappa shape index (κ3) is 4.59. The molecule has 1 aliphatic rings. The molecular formula is C18H26N6O2. The molecule has 0 bridgehead atoms. The van der Waals surface area contributed by atoms with E-state index in [4.69, 9.17) is 0 Å².